The Morgan fingerprint density at radius 1 is 1.80 bits per heavy atom. The van der Waals surface area contributed by atoms with E-state index in [1.165, 1.54) is 0 Å². The Balaban J connectivity index is 2.54. The molecular weight excluding hydrogens is 68.0 g/mol. The third-order valence-electron chi connectivity index (χ3n) is 0.211. The normalized spacial score (nSPS) is 15.0. The van der Waals surface area contributed by atoms with Crippen molar-refractivity contribution >= 4 is 0 Å². The molecule has 1 radical (unpaired) electrons. The van der Waals surface area contributed by atoms with Crippen LogP contribution in [0.2, 0.25) is 0 Å². The average Bonchev–Trinajstić information content (AvgIpc) is 1.38. The Kier molecular flexibility index (Phi) is 2.14. The first kappa shape index (κ1) is 4.92. The third kappa shape index (κ3) is 3.92. The number of aliphatic hydroxyl groups is 2. The molecule has 0 aromatic rings. The second kappa shape index (κ2) is 2.18. The van der Waals surface area contributed by atoms with Crippen molar-refractivity contribution in [1.29, 1.82) is 0 Å². The van der Waals surface area contributed by atoms with Gasteiger partial charge in [0.2, 0.25) is 0 Å². The zero-order valence-corrected chi connectivity index (χ0v) is 2.89. The largest absolute Gasteiger partial charge is 0.394 e. The fraction of sp³-hybridized carbons (Fsp3) is 0.667. The van der Waals surface area contributed by atoms with E-state index in [4.69, 9.17) is 10.2 Å². The van der Waals surface area contributed by atoms with Crippen molar-refractivity contribution in [3.05, 3.63) is 6.92 Å². The summed E-state index contributed by atoms with van der Waals surface area (Å²) in [5.41, 5.74) is 0. The van der Waals surface area contributed by atoms with Crippen LogP contribution >= 0.6 is 0 Å². The van der Waals surface area contributed by atoms with Crippen LogP contribution in [-0.4, -0.2) is 22.9 Å². The van der Waals surface area contributed by atoms with Crippen LogP contribution in [0, 0.1) is 6.92 Å². The van der Waals surface area contributed by atoms with E-state index < -0.39 is 6.10 Å². The second-order valence-electron chi connectivity index (χ2n) is 0.836. The average molecular weight is 75.1 g/mol. The van der Waals surface area contributed by atoms with Crippen LogP contribution in [0.5, 0.6) is 0 Å². The molecule has 0 spiro atoms. The second-order valence-corrected chi connectivity index (χ2v) is 0.836. The van der Waals surface area contributed by atoms with Gasteiger partial charge in [0.05, 0.1) is 12.7 Å². The summed E-state index contributed by atoms with van der Waals surface area (Å²) in [7, 11) is 0. The number of hydrogen-bond acceptors (Lipinski definition) is 2. The van der Waals surface area contributed by atoms with Gasteiger partial charge in [0.1, 0.15) is 0 Å². The molecule has 0 fully saturated rings. The van der Waals surface area contributed by atoms with Crippen molar-refractivity contribution in [2.24, 2.45) is 0 Å². The summed E-state index contributed by atoms with van der Waals surface area (Å²) in [5, 5.41) is 15.8. The molecular formula is C3H7O2. The number of rotatable bonds is 1. The Bertz CT molecular complexity index is 18.9. The van der Waals surface area contributed by atoms with Crippen LogP contribution in [0.3, 0.4) is 0 Å². The van der Waals surface area contributed by atoms with Gasteiger partial charge < -0.3 is 10.2 Å². The molecule has 2 nitrogen and oxygen atoms in total. The molecule has 0 heterocycles. The molecule has 0 aliphatic heterocycles. The lowest BCUT2D eigenvalue weighted by atomic mass is 10.5. The molecule has 0 rings (SSSR count). The highest BCUT2D eigenvalue weighted by Crippen LogP contribution is 1.67. The fourth-order valence-electron chi connectivity index (χ4n) is 0. The van der Waals surface area contributed by atoms with Gasteiger partial charge in [-0.2, -0.15) is 0 Å². The highest BCUT2D eigenvalue weighted by atomic mass is 16.3. The van der Waals surface area contributed by atoms with Gasteiger partial charge in [-0.3, -0.25) is 0 Å². The number of aliphatic hydroxyl groups excluding tert-OH is 2. The Morgan fingerprint density at radius 3 is 2.00 bits per heavy atom. The first-order chi connectivity index (χ1) is 2.27. The minimum Gasteiger partial charge on any atom is -0.394 e. The van der Waals surface area contributed by atoms with E-state index in [9.17, 15) is 0 Å². The third-order valence-corrected chi connectivity index (χ3v) is 0.211. The van der Waals surface area contributed by atoms with Gasteiger partial charge in [-0.1, -0.05) is 0 Å². The predicted molar refractivity (Wildman–Crippen MR) is 18.4 cm³/mol. The summed E-state index contributed by atoms with van der Waals surface area (Å²) in [6.07, 6.45) is -0.810. The van der Waals surface area contributed by atoms with Crippen molar-refractivity contribution < 1.29 is 10.2 Å². The highest BCUT2D eigenvalue weighted by Gasteiger charge is 1.83. The zero-order valence-electron chi connectivity index (χ0n) is 2.89. The summed E-state index contributed by atoms with van der Waals surface area (Å²) in [5.74, 6) is 0. The molecule has 0 saturated carbocycles. The molecule has 5 heavy (non-hydrogen) atoms. The molecule has 2 heteroatoms. The van der Waals surface area contributed by atoms with Gasteiger partial charge >= 0.3 is 0 Å². The summed E-state index contributed by atoms with van der Waals surface area (Å²) in [6, 6.07) is 0. The smallest absolute Gasteiger partial charge is 0.0771 e. The maximum Gasteiger partial charge on any atom is 0.0771 e. The molecule has 0 aromatic carbocycles. The van der Waals surface area contributed by atoms with Crippen molar-refractivity contribution in [3.8, 4) is 0 Å². The molecule has 2 N–H and O–H groups in total. The van der Waals surface area contributed by atoms with Gasteiger partial charge in [0, 0.05) is 0 Å². The first-order valence-corrected chi connectivity index (χ1v) is 1.39. The molecule has 31 valence electrons. The Hall–Kier alpha value is -0.0800. The van der Waals surface area contributed by atoms with Crippen LogP contribution in [-0.2, 0) is 0 Å². The van der Waals surface area contributed by atoms with Crippen LogP contribution in [0.1, 0.15) is 0 Å². The molecule has 0 aromatic heterocycles. The zero-order chi connectivity index (χ0) is 4.28. The van der Waals surface area contributed by atoms with Crippen LogP contribution in [0.15, 0.2) is 0 Å². The lowest BCUT2D eigenvalue weighted by Gasteiger charge is -1.89. The van der Waals surface area contributed by atoms with Crippen LogP contribution < -0.4 is 0 Å². The molecule has 0 bridgehead atoms. The van der Waals surface area contributed by atoms with E-state index in [1.807, 2.05) is 0 Å². The maximum atomic E-state index is 8.00. The summed E-state index contributed by atoms with van der Waals surface area (Å²) in [4.78, 5) is 0. The quantitative estimate of drug-likeness (QED) is 0.427. The Labute approximate surface area is 31.1 Å². The molecule has 0 aliphatic carbocycles. The van der Waals surface area contributed by atoms with Crippen molar-refractivity contribution in [1.82, 2.24) is 0 Å². The van der Waals surface area contributed by atoms with Gasteiger partial charge in [-0.15, -0.1) is 0 Å². The van der Waals surface area contributed by atoms with Gasteiger partial charge in [0.15, 0.2) is 0 Å². The Morgan fingerprint density at radius 2 is 2.00 bits per heavy atom. The lowest BCUT2D eigenvalue weighted by molar-refractivity contribution is 0.129. The van der Waals surface area contributed by atoms with Crippen LogP contribution in [0.4, 0.5) is 0 Å². The SMILES string of the molecule is [CH2][C@@H](O)CO. The monoisotopic (exact) mass is 75.0 g/mol. The maximum absolute atomic E-state index is 8.00. The van der Waals surface area contributed by atoms with Gasteiger partial charge in [-0.25, -0.2) is 0 Å². The molecule has 0 amide bonds. The minimum absolute atomic E-state index is 0.250. The summed E-state index contributed by atoms with van der Waals surface area (Å²) in [6.45, 7) is 2.81. The molecule has 0 aliphatic rings. The van der Waals surface area contributed by atoms with E-state index in [0.717, 1.165) is 0 Å². The van der Waals surface area contributed by atoms with E-state index in [1.54, 1.807) is 0 Å². The topological polar surface area (TPSA) is 40.5 Å². The minimum atomic E-state index is -0.810. The van der Waals surface area contributed by atoms with E-state index in [-0.39, 0.29) is 6.61 Å². The lowest BCUT2D eigenvalue weighted by Crippen LogP contribution is -2.04. The summed E-state index contributed by atoms with van der Waals surface area (Å²) >= 11 is 0. The van der Waals surface area contributed by atoms with Crippen LogP contribution in [0.25, 0.3) is 0 Å². The van der Waals surface area contributed by atoms with Crippen molar-refractivity contribution in [3.63, 3.8) is 0 Å². The van der Waals surface area contributed by atoms with Crippen molar-refractivity contribution in [2.75, 3.05) is 6.61 Å². The number of hydrogen-bond donors (Lipinski definition) is 2. The molecule has 0 saturated heterocycles. The standard InChI is InChI=1S/C3H7O2/c1-3(5)2-4/h3-5H,1-2H2/t3-/m1/s1. The fourth-order valence-corrected chi connectivity index (χ4v) is 0. The summed E-state index contributed by atoms with van der Waals surface area (Å²) < 4.78 is 0. The molecule has 0 unspecified atom stereocenters. The predicted octanol–water partition coefficient (Wildman–Crippen LogP) is -0.826. The van der Waals surface area contributed by atoms with E-state index in [0.29, 0.717) is 0 Å². The first-order valence-electron chi connectivity index (χ1n) is 1.39. The van der Waals surface area contributed by atoms with E-state index in [2.05, 4.69) is 6.92 Å². The van der Waals surface area contributed by atoms with Crippen molar-refractivity contribution in [2.45, 2.75) is 6.10 Å². The molecule has 1 atom stereocenters. The van der Waals surface area contributed by atoms with E-state index >= 15 is 0 Å². The van der Waals surface area contributed by atoms with Gasteiger partial charge in [-0.05, 0) is 6.92 Å². The van der Waals surface area contributed by atoms with Gasteiger partial charge in [0.25, 0.3) is 0 Å². The highest BCUT2D eigenvalue weighted by molar-refractivity contribution is 4.49.